The summed E-state index contributed by atoms with van der Waals surface area (Å²) in [5, 5.41) is 10.6. The van der Waals surface area contributed by atoms with Crippen LogP contribution < -0.4 is 16.4 Å². The van der Waals surface area contributed by atoms with Crippen molar-refractivity contribution in [2.75, 3.05) is 0 Å². The van der Waals surface area contributed by atoms with Gasteiger partial charge in [0.25, 0.3) is 6.71 Å². The van der Waals surface area contributed by atoms with Crippen molar-refractivity contribution in [3.63, 3.8) is 0 Å². The van der Waals surface area contributed by atoms with Crippen molar-refractivity contribution < 1.29 is 0 Å². The fourth-order valence-electron chi connectivity index (χ4n) is 12.5. The molecule has 302 valence electrons. The van der Waals surface area contributed by atoms with Gasteiger partial charge in [-0.15, -0.1) is 0 Å². The number of hydrogen-bond acceptors (Lipinski definition) is 0. The first-order valence-corrected chi connectivity index (χ1v) is 23.0. The molecule has 15 rings (SSSR count). The van der Waals surface area contributed by atoms with Crippen LogP contribution in [0.3, 0.4) is 0 Å². The Morgan fingerprint density at radius 1 is 0.375 bits per heavy atom. The maximum atomic E-state index is 2.68. The first-order chi connectivity index (χ1) is 31.0. The van der Waals surface area contributed by atoms with Crippen LogP contribution in [0.2, 0.25) is 0 Å². The molecular formula is C60H44BN3. The van der Waals surface area contributed by atoms with Crippen LogP contribution in [0.25, 0.3) is 116 Å². The summed E-state index contributed by atoms with van der Waals surface area (Å²) in [5.74, 6) is 0. The normalized spacial score (nSPS) is 13.8. The Morgan fingerprint density at radius 2 is 0.969 bits per heavy atom. The summed E-state index contributed by atoms with van der Waals surface area (Å²) >= 11 is 0. The number of aromatic nitrogens is 3. The molecule has 1 aliphatic carbocycles. The van der Waals surface area contributed by atoms with Crippen LogP contribution in [0.4, 0.5) is 0 Å². The summed E-state index contributed by atoms with van der Waals surface area (Å²) in [6.07, 6.45) is 0. The van der Waals surface area contributed by atoms with Crippen molar-refractivity contribution in [1.29, 1.82) is 0 Å². The molecule has 3 aromatic heterocycles. The minimum Gasteiger partial charge on any atom is -0.310 e. The SMILES string of the molecule is CC(C)(C)c1ccc2c(c1)c1cc(C(C)(C)C)cc3c1n2-c1cc(-n2c4ccccc4c4ccccc42)cc2c1B3c1ccc3c4c5c6c(cccc6ccc5n-2c14)-c1ccccc1-3. The second-order valence-corrected chi connectivity index (χ2v) is 20.9. The Labute approximate surface area is 371 Å². The standard InChI is InChI=1S/C60H44BN3/c1-59(2,3)34-23-27-49-43(28-34)44-29-35(60(4,5)6)30-46-57(44)63(49)51-31-36(62-47-20-11-9-17-39(47)40-18-10-12-21-48(40)62)32-52-56(51)61(46)45-25-24-42-38-16-8-7-15-37(38)41-19-13-14-33-22-26-50-55(53(33)41)54(42)58(45)64(50)52/h7-32H,1-6H3. The van der Waals surface area contributed by atoms with E-state index in [9.17, 15) is 0 Å². The first-order valence-electron chi connectivity index (χ1n) is 23.0. The van der Waals surface area contributed by atoms with Gasteiger partial charge in [-0.2, -0.15) is 0 Å². The molecule has 5 heterocycles. The van der Waals surface area contributed by atoms with E-state index in [0.29, 0.717) is 0 Å². The Morgan fingerprint density at radius 3 is 1.67 bits per heavy atom. The molecule has 0 unspecified atom stereocenters. The molecule has 0 bridgehead atoms. The van der Waals surface area contributed by atoms with Crippen molar-refractivity contribution in [2.24, 2.45) is 0 Å². The average Bonchev–Trinajstić information content (AvgIpc) is 3.92. The molecule has 0 fully saturated rings. The van der Waals surface area contributed by atoms with Gasteiger partial charge in [-0.05, 0) is 120 Å². The Kier molecular flexibility index (Phi) is 6.29. The number of fused-ring (bicyclic) bond motifs is 14. The summed E-state index contributed by atoms with van der Waals surface area (Å²) in [7, 11) is 0. The lowest BCUT2D eigenvalue weighted by atomic mass is 9.34. The van der Waals surface area contributed by atoms with E-state index in [2.05, 4.69) is 213 Å². The third-order valence-electron chi connectivity index (χ3n) is 15.4. The topological polar surface area (TPSA) is 14.8 Å². The molecule has 9 aromatic carbocycles. The van der Waals surface area contributed by atoms with Crippen LogP contribution >= 0.6 is 0 Å². The zero-order chi connectivity index (χ0) is 42.7. The number of para-hydroxylation sites is 2. The fraction of sp³-hybridized carbons (Fsp3) is 0.133. The van der Waals surface area contributed by atoms with Gasteiger partial charge in [-0.1, -0.05) is 151 Å². The molecule has 0 amide bonds. The minimum atomic E-state index is -0.0508. The predicted octanol–water partition coefficient (Wildman–Crippen LogP) is 13.5. The average molecular weight is 818 g/mol. The molecule has 0 N–H and O–H groups in total. The smallest absolute Gasteiger partial charge is 0.252 e. The molecular weight excluding hydrogens is 773 g/mol. The summed E-state index contributed by atoms with van der Waals surface area (Å²) in [5.41, 5.74) is 23.5. The lowest BCUT2D eigenvalue weighted by Gasteiger charge is -2.35. The van der Waals surface area contributed by atoms with E-state index in [1.54, 1.807) is 0 Å². The zero-order valence-electron chi connectivity index (χ0n) is 36.9. The molecule has 0 radical (unpaired) electrons. The number of benzene rings is 9. The Balaban J connectivity index is 1.19. The molecule has 0 atom stereocenters. The molecule has 0 saturated carbocycles. The van der Waals surface area contributed by atoms with Crippen molar-refractivity contribution in [3.05, 3.63) is 169 Å². The van der Waals surface area contributed by atoms with Gasteiger partial charge in [0.05, 0.1) is 33.3 Å². The number of rotatable bonds is 1. The van der Waals surface area contributed by atoms with E-state index in [0.717, 1.165) is 0 Å². The van der Waals surface area contributed by atoms with Gasteiger partial charge >= 0.3 is 0 Å². The van der Waals surface area contributed by atoms with Gasteiger partial charge in [-0.25, -0.2) is 0 Å². The van der Waals surface area contributed by atoms with Crippen LogP contribution in [-0.2, 0) is 10.8 Å². The molecule has 64 heavy (non-hydrogen) atoms. The van der Waals surface area contributed by atoms with Gasteiger partial charge in [0.1, 0.15) is 0 Å². The van der Waals surface area contributed by atoms with E-state index in [4.69, 9.17) is 0 Å². The molecule has 0 spiro atoms. The highest BCUT2D eigenvalue weighted by Crippen LogP contribution is 2.51. The molecule has 3 nitrogen and oxygen atoms in total. The van der Waals surface area contributed by atoms with Gasteiger partial charge in [0.2, 0.25) is 0 Å². The minimum absolute atomic E-state index is 0.0117. The monoisotopic (exact) mass is 817 g/mol. The second kappa shape index (κ2) is 11.4. The summed E-state index contributed by atoms with van der Waals surface area (Å²) in [6.45, 7) is 14.2. The second-order valence-electron chi connectivity index (χ2n) is 20.9. The van der Waals surface area contributed by atoms with Crippen LogP contribution in [0.15, 0.2) is 158 Å². The van der Waals surface area contributed by atoms with Gasteiger partial charge in [0.15, 0.2) is 0 Å². The van der Waals surface area contributed by atoms with Crippen molar-refractivity contribution >= 4 is 99.3 Å². The highest BCUT2D eigenvalue weighted by molar-refractivity contribution is 7.00. The summed E-state index contributed by atoms with van der Waals surface area (Å²) < 4.78 is 7.86. The molecule has 12 aromatic rings. The van der Waals surface area contributed by atoms with Crippen LogP contribution in [0, 0.1) is 0 Å². The van der Waals surface area contributed by atoms with Crippen LogP contribution in [0.5, 0.6) is 0 Å². The van der Waals surface area contributed by atoms with Crippen LogP contribution in [0.1, 0.15) is 52.7 Å². The lowest BCUT2D eigenvalue weighted by molar-refractivity contribution is 0.590. The highest BCUT2D eigenvalue weighted by Gasteiger charge is 2.43. The highest BCUT2D eigenvalue weighted by atomic mass is 15.1. The molecule has 3 aliphatic rings. The molecule has 2 aliphatic heterocycles. The lowest BCUT2D eigenvalue weighted by Crippen LogP contribution is -2.59. The van der Waals surface area contributed by atoms with E-state index < -0.39 is 0 Å². The van der Waals surface area contributed by atoms with E-state index >= 15 is 0 Å². The van der Waals surface area contributed by atoms with E-state index in [1.807, 2.05) is 0 Å². The maximum absolute atomic E-state index is 2.68. The molecule has 4 heteroatoms. The fourth-order valence-corrected chi connectivity index (χ4v) is 12.5. The zero-order valence-corrected chi connectivity index (χ0v) is 36.9. The quantitative estimate of drug-likeness (QED) is 0.147. The predicted molar refractivity (Wildman–Crippen MR) is 273 cm³/mol. The van der Waals surface area contributed by atoms with Crippen LogP contribution in [-0.4, -0.2) is 20.4 Å². The summed E-state index contributed by atoms with van der Waals surface area (Å²) in [4.78, 5) is 0. The van der Waals surface area contributed by atoms with Crippen molar-refractivity contribution in [2.45, 2.75) is 52.4 Å². The Hall–Kier alpha value is -7.30. The first kappa shape index (κ1) is 35.2. The van der Waals surface area contributed by atoms with E-state index in [1.165, 1.54) is 143 Å². The van der Waals surface area contributed by atoms with Gasteiger partial charge in [-0.3, -0.25) is 0 Å². The Bertz CT molecular complexity index is 4100. The number of nitrogens with zero attached hydrogens (tertiary/aromatic N) is 3. The summed E-state index contributed by atoms with van der Waals surface area (Å²) in [6, 6.07) is 61.1. The van der Waals surface area contributed by atoms with E-state index in [-0.39, 0.29) is 17.5 Å². The van der Waals surface area contributed by atoms with Crippen molar-refractivity contribution in [1.82, 2.24) is 13.7 Å². The van der Waals surface area contributed by atoms with Gasteiger partial charge < -0.3 is 13.7 Å². The maximum Gasteiger partial charge on any atom is 0.252 e. The third kappa shape index (κ3) is 4.16. The van der Waals surface area contributed by atoms with Crippen molar-refractivity contribution in [3.8, 4) is 39.3 Å². The third-order valence-corrected chi connectivity index (χ3v) is 15.4. The van der Waals surface area contributed by atoms with Gasteiger partial charge in [0, 0.05) is 49.2 Å². The molecule has 0 saturated heterocycles. The largest absolute Gasteiger partial charge is 0.310 e. The number of hydrogen-bond donors (Lipinski definition) is 0.